The fourth-order valence-corrected chi connectivity index (χ4v) is 2.44. The van der Waals surface area contributed by atoms with Crippen LogP contribution in [0.2, 0.25) is 0 Å². The maximum absolute atomic E-state index is 13.3. The Morgan fingerprint density at radius 1 is 1.48 bits per heavy atom. The summed E-state index contributed by atoms with van der Waals surface area (Å²) in [6.07, 6.45) is 0.315. The van der Waals surface area contributed by atoms with E-state index in [9.17, 15) is 9.18 Å². The molecule has 2 rings (SSSR count). The highest BCUT2D eigenvalue weighted by Gasteiger charge is 2.30. The molecule has 0 saturated carbocycles. The number of benzene rings is 1. The summed E-state index contributed by atoms with van der Waals surface area (Å²) in [6, 6.07) is 6.50. The first-order chi connectivity index (χ1) is 9.85. The molecule has 5 heteroatoms. The van der Waals surface area contributed by atoms with Crippen molar-refractivity contribution in [1.29, 1.82) is 0 Å². The van der Waals surface area contributed by atoms with E-state index in [2.05, 4.69) is 5.32 Å². The first-order valence-corrected chi connectivity index (χ1v) is 7.30. The quantitative estimate of drug-likeness (QED) is 0.911. The molecule has 1 fully saturated rings. The maximum atomic E-state index is 13.3. The van der Waals surface area contributed by atoms with Gasteiger partial charge in [0.25, 0.3) is 0 Å². The number of nitrogens with one attached hydrogen (secondary N) is 1. The van der Waals surface area contributed by atoms with E-state index in [1.807, 2.05) is 26.8 Å². The number of piperazine rings is 1. The molecule has 0 spiro atoms. The average molecular weight is 294 g/mol. The summed E-state index contributed by atoms with van der Waals surface area (Å²) in [4.78, 5) is 14.0. The highest BCUT2D eigenvalue weighted by molar-refractivity contribution is 5.68. The number of rotatable bonds is 2. The zero-order valence-corrected chi connectivity index (χ0v) is 12.9. The van der Waals surface area contributed by atoms with E-state index < -0.39 is 5.60 Å². The summed E-state index contributed by atoms with van der Waals surface area (Å²) in [5.74, 6) is -0.250. The predicted octanol–water partition coefficient (Wildman–Crippen LogP) is 2.58. The van der Waals surface area contributed by atoms with Gasteiger partial charge in [-0.05, 0) is 44.9 Å². The molecular formula is C16H23FN2O2. The molecule has 1 atom stereocenters. The Morgan fingerprint density at radius 3 is 2.90 bits per heavy atom. The molecule has 116 valence electrons. The van der Waals surface area contributed by atoms with E-state index in [0.29, 0.717) is 19.5 Å². The minimum Gasteiger partial charge on any atom is -0.444 e. The fourth-order valence-electron chi connectivity index (χ4n) is 2.44. The molecule has 1 saturated heterocycles. The van der Waals surface area contributed by atoms with Crippen LogP contribution in [0.1, 0.15) is 26.3 Å². The second-order valence-corrected chi connectivity index (χ2v) is 6.37. The van der Waals surface area contributed by atoms with Crippen molar-refractivity contribution in [2.45, 2.75) is 38.8 Å². The van der Waals surface area contributed by atoms with E-state index in [4.69, 9.17) is 4.74 Å². The minimum absolute atomic E-state index is 0.0181. The third-order valence-corrected chi connectivity index (χ3v) is 3.34. The molecule has 1 aromatic rings. The smallest absolute Gasteiger partial charge is 0.410 e. The summed E-state index contributed by atoms with van der Waals surface area (Å²) >= 11 is 0. The van der Waals surface area contributed by atoms with Crippen LogP contribution in [0.4, 0.5) is 9.18 Å². The van der Waals surface area contributed by atoms with Gasteiger partial charge in [-0.25, -0.2) is 9.18 Å². The molecule has 0 bridgehead atoms. The first kappa shape index (κ1) is 15.8. The second-order valence-electron chi connectivity index (χ2n) is 6.37. The van der Waals surface area contributed by atoms with Crippen LogP contribution in [-0.2, 0) is 11.2 Å². The number of hydrogen-bond donors (Lipinski definition) is 1. The summed E-state index contributed by atoms with van der Waals surface area (Å²) in [5.41, 5.74) is 0.378. The van der Waals surface area contributed by atoms with Gasteiger partial charge in [-0.3, -0.25) is 0 Å². The molecule has 0 aromatic heterocycles. The van der Waals surface area contributed by atoms with Gasteiger partial charge >= 0.3 is 6.09 Å². The van der Waals surface area contributed by atoms with Crippen molar-refractivity contribution in [3.8, 4) is 0 Å². The largest absolute Gasteiger partial charge is 0.444 e. The number of amides is 1. The Kier molecular flexibility index (Phi) is 4.83. The molecule has 4 nitrogen and oxygen atoms in total. The van der Waals surface area contributed by atoms with Crippen LogP contribution in [0.25, 0.3) is 0 Å². The van der Waals surface area contributed by atoms with Gasteiger partial charge in [0.2, 0.25) is 0 Å². The van der Waals surface area contributed by atoms with Crippen molar-refractivity contribution in [3.05, 3.63) is 35.6 Å². The topological polar surface area (TPSA) is 41.6 Å². The maximum Gasteiger partial charge on any atom is 0.410 e. The lowest BCUT2D eigenvalue weighted by atomic mass is 10.0. The van der Waals surface area contributed by atoms with Crippen LogP contribution in [0.3, 0.4) is 0 Å². The molecule has 1 aromatic carbocycles. The third kappa shape index (κ3) is 4.70. The van der Waals surface area contributed by atoms with Crippen molar-refractivity contribution in [1.82, 2.24) is 10.2 Å². The van der Waals surface area contributed by atoms with E-state index in [1.54, 1.807) is 11.0 Å². The molecule has 0 aliphatic carbocycles. The summed E-state index contributed by atoms with van der Waals surface area (Å²) in [6.45, 7) is 7.61. The monoisotopic (exact) mass is 294 g/mol. The molecule has 1 heterocycles. The molecule has 1 aliphatic rings. The van der Waals surface area contributed by atoms with Gasteiger partial charge in [0.15, 0.2) is 0 Å². The predicted molar refractivity (Wildman–Crippen MR) is 79.7 cm³/mol. The highest BCUT2D eigenvalue weighted by atomic mass is 19.1. The standard InChI is InChI=1S/C16H23FN2O2/c1-16(2,3)21-15(20)19-8-7-18-11-14(19)10-12-5-4-6-13(17)9-12/h4-6,9,14,18H,7-8,10-11H2,1-3H3. The zero-order valence-electron chi connectivity index (χ0n) is 12.9. The Morgan fingerprint density at radius 2 is 2.24 bits per heavy atom. The van der Waals surface area contributed by atoms with Crippen molar-refractivity contribution in [2.24, 2.45) is 0 Å². The van der Waals surface area contributed by atoms with Crippen LogP contribution in [0.15, 0.2) is 24.3 Å². The lowest BCUT2D eigenvalue weighted by Gasteiger charge is -2.37. The first-order valence-electron chi connectivity index (χ1n) is 7.30. The number of carbonyl (C=O) groups excluding carboxylic acids is 1. The molecule has 1 N–H and O–H groups in total. The van der Waals surface area contributed by atoms with Gasteiger partial charge in [-0.15, -0.1) is 0 Å². The van der Waals surface area contributed by atoms with Crippen LogP contribution in [0.5, 0.6) is 0 Å². The number of hydrogen-bond acceptors (Lipinski definition) is 3. The molecule has 1 amide bonds. The van der Waals surface area contributed by atoms with Gasteiger partial charge < -0.3 is 15.0 Å². The van der Waals surface area contributed by atoms with Crippen molar-refractivity contribution in [2.75, 3.05) is 19.6 Å². The van der Waals surface area contributed by atoms with E-state index in [0.717, 1.165) is 12.1 Å². The van der Waals surface area contributed by atoms with Gasteiger partial charge in [0.1, 0.15) is 11.4 Å². The zero-order chi connectivity index (χ0) is 15.5. The van der Waals surface area contributed by atoms with Crippen LogP contribution >= 0.6 is 0 Å². The molecule has 1 unspecified atom stereocenters. The number of halogens is 1. The Labute approximate surface area is 125 Å². The van der Waals surface area contributed by atoms with E-state index >= 15 is 0 Å². The van der Waals surface area contributed by atoms with Crippen molar-refractivity contribution in [3.63, 3.8) is 0 Å². The summed E-state index contributed by atoms with van der Waals surface area (Å²) < 4.78 is 18.7. The van der Waals surface area contributed by atoms with Gasteiger partial charge in [0, 0.05) is 19.6 Å². The SMILES string of the molecule is CC(C)(C)OC(=O)N1CCNCC1Cc1cccc(F)c1. The number of nitrogens with zero attached hydrogens (tertiary/aromatic N) is 1. The van der Waals surface area contributed by atoms with Crippen LogP contribution < -0.4 is 5.32 Å². The van der Waals surface area contributed by atoms with Crippen LogP contribution in [0, 0.1) is 5.82 Å². The lowest BCUT2D eigenvalue weighted by Crippen LogP contribution is -2.55. The Balaban J connectivity index is 2.06. The third-order valence-electron chi connectivity index (χ3n) is 3.34. The minimum atomic E-state index is -0.509. The van der Waals surface area contributed by atoms with Crippen molar-refractivity contribution >= 4 is 6.09 Å². The number of ether oxygens (including phenoxy) is 1. The molecular weight excluding hydrogens is 271 g/mol. The van der Waals surface area contributed by atoms with E-state index in [-0.39, 0.29) is 18.0 Å². The summed E-state index contributed by atoms with van der Waals surface area (Å²) in [7, 11) is 0. The lowest BCUT2D eigenvalue weighted by molar-refractivity contribution is 0.0122. The van der Waals surface area contributed by atoms with Gasteiger partial charge in [-0.2, -0.15) is 0 Å². The Hall–Kier alpha value is -1.62. The molecule has 1 aliphatic heterocycles. The number of carbonyl (C=O) groups is 1. The molecule has 21 heavy (non-hydrogen) atoms. The fraction of sp³-hybridized carbons (Fsp3) is 0.562. The normalized spacial score (nSPS) is 19.4. The van der Waals surface area contributed by atoms with E-state index in [1.165, 1.54) is 12.1 Å². The summed E-state index contributed by atoms with van der Waals surface area (Å²) in [5, 5.41) is 3.27. The van der Waals surface area contributed by atoms with Crippen LogP contribution in [-0.4, -0.2) is 42.3 Å². The van der Waals surface area contributed by atoms with Gasteiger partial charge in [0.05, 0.1) is 6.04 Å². The highest BCUT2D eigenvalue weighted by Crippen LogP contribution is 2.16. The average Bonchev–Trinajstić information content (AvgIpc) is 2.37. The second kappa shape index (κ2) is 6.43. The van der Waals surface area contributed by atoms with Gasteiger partial charge in [-0.1, -0.05) is 12.1 Å². The Bertz CT molecular complexity index is 499. The molecule has 0 radical (unpaired) electrons. The van der Waals surface area contributed by atoms with Crippen molar-refractivity contribution < 1.29 is 13.9 Å².